The predicted octanol–water partition coefficient (Wildman–Crippen LogP) is 0.149. The van der Waals surface area contributed by atoms with Gasteiger partial charge in [-0.05, 0) is 0 Å². The van der Waals surface area contributed by atoms with Gasteiger partial charge in [-0.25, -0.2) is 0 Å². The number of benzene rings is 1. The maximum atomic E-state index is 10.6. The van der Waals surface area contributed by atoms with Gasteiger partial charge in [0, 0.05) is 0 Å². The van der Waals surface area contributed by atoms with E-state index in [1.54, 1.807) is 18.2 Å². The predicted molar refractivity (Wildman–Crippen MR) is 46.8 cm³/mol. The van der Waals surface area contributed by atoms with Crippen molar-refractivity contribution in [3.63, 3.8) is 0 Å². The van der Waals surface area contributed by atoms with E-state index in [-0.39, 0.29) is 0 Å². The molecule has 0 aliphatic heterocycles. The van der Waals surface area contributed by atoms with E-state index in [0.717, 1.165) is 0 Å². The molecule has 0 heterocycles. The normalized spacial score (nSPS) is 11.3. The van der Waals surface area contributed by atoms with Crippen molar-refractivity contribution in [3.8, 4) is 0 Å². The van der Waals surface area contributed by atoms with Crippen LogP contribution in [0.3, 0.4) is 0 Å². The van der Waals surface area contributed by atoms with Crippen LogP contribution in [0.25, 0.3) is 0 Å². The first-order chi connectivity index (χ1) is 5.11. The number of halogens is 1. The summed E-state index contributed by atoms with van der Waals surface area (Å²) in [5.74, 6) is 0. The average molecular weight is 279 g/mol. The van der Waals surface area contributed by atoms with E-state index in [4.69, 9.17) is 9.83 Å². The molecule has 0 aromatic heterocycles. The molecule has 1 aromatic carbocycles. The summed E-state index contributed by atoms with van der Waals surface area (Å²) in [6.45, 7) is 0. The van der Waals surface area contributed by atoms with Crippen LogP contribution in [0, 0.1) is 0 Å². The Morgan fingerprint density at radius 3 is 2.64 bits per heavy atom. The summed E-state index contributed by atoms with van der Waals surface area (Å²) in [5.41, 5.74) is 6.05. The van der Waals surface area contributed by atoms with E-state index in [2.05, 4.69) is 15.9 Å². The molecular weight excluding hydrogens is 273 g/mol. The molecule has 1 aromatic rings. The zero-order chi connectivity index (χ0) is 8.43. The first-order valence-electron chi connectivity index (χ1n) is 2.82. The zero-order valence-corrected chi connectivity index (χ0v) is 8.95. The molecule has 11 heavy (non-hydrogen) atoms. The van der Waals surface area contributed by atoms with Crippen LogP contribution < -0.4 is 10.1 Å². The summed E-state index contributed by atoms with van der Waals surface area (Å²) in [6.07, 6.45) is 0. The molecule has 0 aliphatic rings. The van der Waals surface area contributed by atoms with Crippen LogP contribution in [-0.2, 0) is 3.74 Å². The summed E-state index contributed by atoms with van der Waals surface area (Å²) in [4.78, 5) is 0. The van der Waals surface area contributed by atoms with Crippen LogP contribution in [0.4, 0.5) is 5.69 Å². The number of hydrogen-bond acceptors (Lipinski definition) is 2. The van der Waals surface area contributed by atoms with E-state index in [1.807, 2.05) is 0 Å². The molecule has 0 fully saturated rings. The Kier molecular flexibility index (Phi) is 2.82. The van der Waals surface area contributed by atoms with Gasteiger partial charge in [-0.15, -0.1) is 0 Å². The number of nitrogen functional groups attached to an aromatic ring is 1. The van der Waals surface area contributed by atoms with Gasteiger partial charge in [0.15, 0.2) is 0 Å². The molecule has 1 atom stereocenters. The second-order valence-electron chi connectivity index (χ2n) is 1.98. The van der Waals surface area contributed by atoms with Crippen LogP contribution in [0.1, 0.15) is 0 Å². The first kappa shape index (κ1) is 8.91. The van der Waals surface area contributed by atoms with Crippen LogP contribution in [0.15, 0.2) is 22.7 Å². The zero-order valence-electron chi connectivity index (χ0n) is 5.49. The summed E-state index contributed by atoms with van der Waals surface area (Å²) in [6, 6.07) is 4.74. The molecule has 0 aliphatic carbocycles. The molecule has 3 N–H and O–H groups in total. The van der Waals surface area contributed by atoms with Crippen molar-refractivity contribution in [1.82, 2.24) is 0 Å². The molecule has 0 saturated heterocycles. The van der Waals surface area contributed by atoms with Gasteiger partial charge in [-0.1, -0.05) is 0 Å². The summed E-state index contributed by atoms with van der Waals surface area (Å²) < 4.78 is 20.5. The molecule has 3 nitrogen and oxygen atoms in total. The van der Waals surface area contributed by atoms with E-state index < -0.39 is 14.9 Å². The number of nitrogens with two attached hydrogens (primary N) is 1. The van der Waals surface area contributed by atoms with Gasteiger partial charge in [-0.2, -0.15) is 0 Å². The van der Waals surface area contributed by atoms with E-state index in [1.165, 1.54) is 0 Å². The standard InChI is InChI=1S/C6H6AsBrNO2/c8-5-3-4(7(10)11)1-2-6(5)9/h1-3H,9H2,(H,10,11). The third kappa shape index (κ3) is 2.12. The number of hydrogen-bond donors (Lipinski definition) is 2. The van der Waals surface area contributed by atoms with Crippen molar-refractivity contribution in [3.05, 3.63) is 22.7 Å². The van der Waals surface area contributed by atoms with Gasteiger partial charge in [0.1, 0.15) is 0 Å². The van der Waals surface area contributed by atoms with Gasteiger partial charge < -0.3 is 0 Å². The van der Waals surface area contributed by atoms with Crippen molar-refractivity contribution in [2.45, 2.75) is 0 Å². The third-order valence-electron chi connectivity index (χ3n) is 1.20. The molecule has 1 rings (SSSR count). The second-order valence-corrected chi connectivity index (χ2v) is 5.06. The molecule has 59 valence electrons. The Morgan fingerprint density at radius 1 is 1.55 bits per heavy atom. The Morgan fingerprint density at radius 2 is 2.18 bits per heavy atom. The van der Waals surface area contributed by atoms with Gasteiger partial charge in [0.25, 0.3) is 0 Å². The van der Waals surface area contributed by atoms with Crippen molar-refractivity contribution in [1.29, 1.82) is 0 Å². The molecule has 0 spiro atoms. The second kappa shape index (κ2) is 3.48. The Hall–Kier alpha value is -0.182. The van der Waals surface area contributed by atoms with Gasteiger partial charge in [-0.3, -0.25) is 0 Å². The van der Waals surface area contributed by atoms with Gasteiger partial charge in [0.2, 0.25) is 0 Å². The molecule has 1 radical (unpaired) electrons. The SMILES string of the molecule is Nc1ccc([As](=O)O)cc1Br. The Balaban J connectivity index is 3.15. The fourth-order valence-corrected chi connectivity index (χ4v) is 2.32. The van der Waals surface area contributed by atoms with Crippen LogP contribution >= 0.6 is 15.9 Å². The molecule has 1 unspecified atom stereocenters. The first-order valence-corrected chi connectivity index (χ1v) is 6.16. The number of anilines is 1. The van der Waals surface area contributed by atoms with Crippen LogP contribution in [0.2, 0.25) is 0 Å². The van der Waals surface area contributed by atoms with Gasteiger partial charge >= 0.3 is 77.1 Å². The molecule has 0 saturated carbocycles. The minimum absolute atomic E-state index is 0.457. The summed E-state index contributed by atoms with van der Waals surface area (Å²) in [5, 5.41) is 0. The van der Waals surface area contributed by atoms with Crippen molar-refractivity contribution < 1.29 is 7.84 Å². The third-order valence-corrected chi connectivity index (χ3v) is 3.40. The van der Waals surface area contributed by atoms with Crippen LogP contribution in [-0.4, -0.2) is 19.0 Å². The Labute approximate surface area is 77.2 Å². The van der Waals surface area contributed by atoms with E-state index in [0.29, 0.717) is 14.5 Å². The summed E-state index contributed by atoms with van der Waals surface area (Å²) in [7, 11) is 0. The maximum absolute atomic E-state index is 10.6. The van der Waals surface area contributed by atoms with Gasteiger partial charge in [0.05, 0.1) is 0 Å². The van der Waals surface area contributed by atoms with Crippen molar-refractivity contribution >= 4 is 40.9 Å². The Bertz CT molecular complexity index is 303. The molecule has 5 heteroatoms. The minimum atomic E-state index is -2.97. The monoisotopic (exact) mass is 278 g/mol. The molecular formula is C6H6AsBrNO2. The summed E-state index contributed by atoms with van der Waals surface area (Å²) >= 11 is 0.188. The fraction of sp³-hybridized carbons (Fsp3) is 0. The fourth-order valence-electron chi connectivity index (χ4n) is 0.635. The number of rotatable bonds is 1. The van der Waals surface area contributed by atoms with Crippen molar-refractivity contribution in [2.24, 2.45) is 0 Å². The molecule has 0 bridgehead atoms. The van der Waals surface area contributed by atoms with Crippen LogP contribution in [0.5, 0.6) is 0 Å². The average Bonchev–Trinajstić information content (AvgIpc) is 1.94. The van der Waals surface area contributed by atoms with E-state index in [9.17, 15) is 3.74 Å². The van der Waals surface area contributed by atoms with E-state index >= 15 is 0 Å². The molecule has 0 amide bonds. The quantitative estimate of drug-likeness (QED) is 0.568. The van der Waals surface area contributed by atoms with Crippen molar-refractivity contribution in [2.75, 3.05) is 5.73 Å². The topological polar surface area (TPSA) is 63.3 Å².